The summed E-state index contributed by atoms with van der Waals surface area (Å²) in [6.07, 6.45) is 3.17. The Morgan fingerprint density at radius 3 is 2.39 bits per heavy atom. The highest BCUT2D eigenvalue weighted by molar-refractivity contribution is 7.90. The lowest BCUT2D eigenvalue weighted by Gasteiger charge is -2.30. The van der Waals surface area contributed by atoms with Crippen LogP contribution in [0.15, 0.2) is 12.1 Å². The normalized spacial score (nSPS) is 22.8. The number of benzene rings is 1. The predicted molar refractivity (Wildman–Crippen MR) is 135 cm³/mol. The molecule has 36 heavy (non-hydrogen) atoms. The number of nitrogens with one attached hydrogen (secondary N) is 2. The molecule has 2 aliphatic rings. The van der Waals surface area contributed by atoms with E-state index in [0.717, 1.165) is 23.5 Å². The van der Waals surface area contributed by atoms with Crippen LogP contribution in [0.4, 0.5) is 19.7 Å². The Balaban J connectivity index is 1.37. The largest absolute Gasteiger partial charge is 0.382 e. The van der Waals surface area contributed by atoms with E-state index in [2.05, 4.69) is 15.0 Å². The van der Waals surface area contributed by atoms with Gasteiger partial charge in [0.05, 0.1) is 12.2 Å². The van der Waals surface area contributed by atoms with E-state index in [4.69, 9.17) is 10.5 Å². The predicted octanol–water partition coefficient (Wildman–Crippen LogP) is 2.73. The lowest BCUT2D eigenvalue weighted by Crippen LogP contribution is -2.44. The Morgan fingerprint density at radius 2 is 1.81 bits per heavy atom. The van der Waals surface area contributed by atoms with Gasteiger partial charge in [-0.3, -0.25) is 4.79 Å². The summed E-state index contributed by atoms with van der Waals surface area (Å²) in [7, 11) is 0.139. The number of anilines is 2. The Morgan fingerprint density at radius 1 is 1.17 bits per heavy atom. The SMILES string of the molecule is CN(C)Cc1cc(F)c(C(=O)c2sc(NC3CCC(NS(=O)(=O)C4CCOC4)CC3)nc2N)c(F)c1. The van der Waals surface area contributed by atoms with Gasteiger partial charge in [0.2, 0.25) is 15.8 Å². The van der Waals surface area contributed by atoms with Gasteiger partial charge in [0.1, 0.15) is 27.6 Å². The second-order valence-electron chi connectivity index (χ2n) is 9.58. The van der Waals surface area contributed by atoms with Crippen molar-refractivity contribution >= 4 is 38.1 Å². The summed E-state index contributed by atoms with van der Waals surface area (Å²) < 4.78 is 62.3. The maximum Gasteiger partial charge on any atom is 0.217 e. The Bertz CT molecular complexity index is 1180. The van der Waals surface area contributed by atoms with Crippen LogP contribution in [0, 0.1) is 11.6 Å². The summed E-state index contributed by atoms with van der Waals surface area (Å²) >= 11 is 0.952. The zero-order valence-electron chi connectivity index (χ0n) is 20.2. The summed E-state index contributed by atoms with van der Waals surface area (Å²) in [4.78, 5) is 18.9. The van der Waals surface area contributed by atoms with Gasteiger partial charge in [0, 0.05) is 25.2 Å². The van der Waals surface area contributed by atoms with Crippen LogP contribution in [0.2, 0.25) is 0 Å². The first kappa shape index (κ1) is 26.9. The Labute approximate surface area is 213 Å². The molecule has 9 nitrogen and oxygen atoms in total. The molecule has 4 rings (SSSR count). The number of nitrogens with two attached hydrogens (primary N) is 1. The fraction of sp³-hybridized carbons (Fsp3) is 0.565. The number of hydrogen-bond donors (Lipinski definition) is 3. The van der Waals surface area contributed by atoms with E-state index in [0.29, 0.717) is 56.0 Å². The number of aromatic nitrogens is 1. The summed E-state index contributed by atoms with van der Waals surface area (Å²) in [6.45, 7) is 1.02. The Hall–Kier alpha value is -2.19. The molecule has 1 aliphatic carbocycles. The highest BCUT2D eigenvalue weighted by Gasteiger charge is 2.33. The van der Waals surface area contributed by atoms with Crippen molar-refractivity contribution in [3.63, 3.8) is 0 Å². The van der Waals surface area contributed by atoms with Crippen LogP contribution in [0.25, 0.3) is 0 Å². The zero-order valence-corrected chi connectivity index (χ0v) is 21.9. The van der Waals surface area contributed by atoms with E-state index >= 15 is 0 Å². The molecule has 2 heterocycles. The van der Waals surface area contributed by atoms with E-state index in [-0.39, 0.29) is 29.4 Å². The second kappa shape index (κ2) is 11.1. The van der Waals surface area contributed by atoms with Gasteiger partial charge in [-0.2, -0.15) is 0 Å². The number of nitrogens with zero attached hydrogens (tertiary/aromatic N) is 2. The minimum atomic E-state index is -3.41. The van der Waals surface area contributed by atoms with Crippen LogP contribution in [0.3, 0.4) is 0 Å². The Kier molecular flexibility index (Phi) is 8.25. The second-order valence-corrected chi connectivity index (χ2v) is 12.6. The first-order valence-corrected chi connectivity index (χ1v) is 14.2. The van der Waals surface area contributed by atoms with Crippen molar-refractivity contribution in [1.82, 2.24) is 14.6 Å². The quantitative estimate of drug-likeness (QED) is 0.412. The zero-order chi connectivity index (χ0) is 26.0. The summed E-state index contributed by atoms with van der Waals surface area (Å²) in [5, 5.41) is 3.12. The number of carbonyl (C=O) groups excluding carboxylic acids is 1. The summed E-state index contributed by atoms with van der Waals surface area (Å²) in [5.41, 5.74) is 5.70. The number of carbonyl (C=O) groups is 1. The highest BCUT2D eigenvalue weighted by Crippen LogP contribution is 2.32. The van der Waals surface area contributed by atoms with Crippen LogP contribution in [0.5, 0.6) is 0 Å². The molecule has 1 aromatic heterocycles. The molecular weight excluding hydrogens is 512 g/mol. The van der Waals surface area contributed by atoms with Gasteiger partial charge in [-0.05, 0) is 63.9 Å². The first-order valence-electron chi connectivity index (χ1n) is 11.8. The molecule has 13 heteroatoms. The third-order valence-electron chi connectivity index (χ3n) is 6.40. The minimum absolute atomic E-state index is 0.00728. The molecule has 0 bridgehead atoms. The molecule has 0 radical (unpaired) electrons. The van der Waals surface area contributed by atoms with Crippen LogP contribution in [0.1, 0.15) is 52.9 Å². The van der Waals surface area contributed by atoms with Gasteiger partial charge in [0.15, 0.2) is 5.13 Å². The first-order chi connectivity index (χ1) is 17.0. The van der Waals surface area contributed by atoms with E-state index in [1.54, 1.807) is 19.0 Å². The topological polar surface area (TPSA) is 127 Å². The fourth-order valence-electron chi connectivity index (χ4n) is 4.59. The number of rotatable bonds is 9. The van der Waals surface area contributed by atoms with E-state index < -0.39 is 38.3 Å². The van der Waals surface area contributed by atoms with Crippen LogP contribution in [-0.2, 0) is 21.3 Å². The molecular formula is C23H31F2N5O4S2. The number of ether oxygens (including phenoxy) is 1. The molecule has 2 aromatic rings. The average Bonchev–Trinajstić information content (AvgIpc) is 3.44. The third-order valence-corrected chi connectivity index (χ3v) is 9.31. The number of thiazole rings is 1. The van der Waals surface area contributed by atoms with Crippen molar-refractivity contribution in [2.45, 2.75) is 56.0 Å². The van der Waals surface area contributed by atoms with Gasteiger partial charge in [-0.15, -0.1) is 0 Å². The van der Waals surface area contributed by atoms with Crippen molar-refractivity contribution in [3.8, 4) is 0 Å². The van der Waals surface area contributed by atoms with Crippen LogP contribution >= 0.6 is 11.3 Å². The van der Waals surface area contributed by atoms with Crippen LogP contribution < -0.4 is 15.8 Å². The molecule has 1 unspecified atom stereocenters. The molecule has 4 N–H and O–H groups in total. The monoisotopic (exact) mass is 543 g/mol. The molecule has 1 atom stereocenters. The average molecular weight is 544 g/mol. The molecule has 1 aromatic carbocycles. The molecule has 1 aliphatic heterocycles. The standard InChI is InChI=1S/C23H31F2N5O4S2/c1-30(2)11-13-9-17(24)19(18(25)10-13)20(31)21-22(26)28-23(35-21)27-14-3-5-15(6-4-14)29-36(32,33)16-7-8-34-12-16/h9-10,14-16,29H,3-8,11-12,26H2,1-2H3,(H,27,28). The summed E-state index contributed by atoms with van der Waals surface area (Å²) in [5.74, 6) is -2.82. The van der Waals surface area contributed by atoms with Crippen molar-refractivity contribution in [2.24, 2.45) is 0 Å². The lowest BCUT2D eigenvalue weighted by atomic mass is 9.92. The fourth-order valence-corrected chi connectivity index (χ4v) is 7.07. The number of ketones is 1. The van der Waals surface area contributed by atoms with E-state index in [1.807, 2.05) is 0 Å². The number of sulfonamides is 1. The van der Waals surface area contributed by atoms with Crippen molar-refractivity contribution in [3.05, 3.63) is 39.8 Å². The minimum Gasteiger partial charge on any atom is -0.382 e. The molecule has 2 fully saturated rings. The van der Waals surface area contributed by atoms with Crippen LogP contribution in [-0.4, -0.2) is 68.7 Å². The van der Waals surface area contributed by atoms with Gasteiger partial charge in [0.25, 0.3) is 0 Å². The maximum atomic E-state index is 14.7. The molecule has 198 valence electrons. The molecule has 0 spiro atoms. The summed E-state index contributed by atoms with van der Waals surface area (Å²) in [6, 6.07) is 2.17. The highest BCUT2D eigenvalue weighted by atomic mass is 32.2. The van der Waals surface area contributed by atoms with Gasteiger partial charge < -0.3 is 20.7 Å². The number of hydrogen-bond acceptors (Lipinski definition) is 9. The van der Waals surface area contributed by atoms with Crippen molar-refractivity contribution in [1.29, 1.82) is 0 Å². The van der Waals surface area contributed by atoms with Gasteiger partial charge >= 0.3 is 0 Å². The maximum absolute atomic E-state index is 14.7. The smallest absolute Gasteiger partial charge is 0.217 e. The van der Waals surface area contributed by atoms with Gasteiger partial charge in [-0.25, -0.2) is 26.9 Å². The third kappa shape index (κ3) is 6.20. The molecule has 1 saturated carbocycles. The number of nitrogen functional groups attached to an aromatic ring is 1. The number of halogens is 2. The van der Waals surface area contributed by atoms with E-state index in [1.165, 1.54) is 0 Å². The molecule has 1 saturated heterocycles. The van der Waals surface area contributed by atoms with Gasteiger partial charge in [-0.1, -0.05) is 11.3 Å². The van der Waals surface area contributed by atoms with Crippen molar-refractivity contribution in [2.75, 3.05) is 38.4 Å². The molecule has 0 amide bonds. The lowest BCUT2D eigenvalue weighted by molar-refractivity contribution is 0.103. The van der Waals surface area contributed by atoms with E-state index in [9.17, 15) is 22.0 Å². The van der Waals surface area contributed by atoms with Crippen molar-refractivity contribution < 1.29 is 26.7 Å².